The quantitative estimate of drug-likeness (QED) is 0.915. The summed E-state index contributed by atoms with van der Waals surface area (Å²) in [6.45, 7) is -1.86. The molecule has 0 radical (unpaired) electrons. The SMILES string of the molecule is O=C(O)c1cc(OC(F)F)c2ncn(CC3CCO3)c2c1. The monoisotopic (exact) mass is 298 g/mol. The number of carboxylic acid groups (broad SMARTS) is 1. The molecule has 112 valence electrons. The highest BCUT2D eigenvalue weighted by Gasteiger charge is 2.22. The first-order valence-corrected chi connectivity index (χ1v) is 6.33. The largest absolute Gasteiger partial charge is 0.478 e. The number of hydrogen-bond acceptors (Lipinski definition) is 4. The maximum absolute atomic E-state index is 12.4. The second kappa shape index (κ2) is 5.28. The topological polar surface area (TPSA) is 73.6 Å². The third-order valence-corrected chi connectivity index (χ3v) is 3.35. The Morgan fingerprint density at radius 2 is 2.33 bits per heavy atom. The van der Waals surface area contributed by atoms with E-state index >= 15 is 0 Å². The van der Waals surface area contributed by atoms with Crippen LogP contribution in [-0.4, -0.2) is 39.9 Å². The molecule has 1 aliphatic heterocycles. The molecule has 0 saturated carbocycles. The molecule has 2 aromatic rings. The number of imidazole rings is 1. The van der Waals surface area contributed by atoms with Crippen LogP contribution in [-0.2, 0) is 11.3 Å². The molecule has 0 spiro atoms. The number of ether oxygens (including phenoxy) is 2. The number of aromatic nitrogens is 2. The number of rotatable bonds is 5. The van der Waals surface area contributed by atoms with Crippen LogP contribution in [0, 0.1) is 0 Å². The van der Waals surface area contributed by atoms with Crippen molar-refractivity contribution in [3.05, 3.63) is 24.0 Å². The number of benzene rings is 1. The van der Waals surface area contributed by atoms with Crippen LogP contribution in [0.15, 0.2) is 18.5 Å². The molecular weight excluding hydrogens is 286 g/mol. The Hall–Kier alpha value is -2.22. The number of nitrogens with zero attached hydrogens (tertiary/aromatic N) is 2. The molecule has 0 aliphatic carbocycles. The highest BCUT2D eigenvalue weighted by atomic mass is 19.3. The molecule has 1 saturated heterocycles. The number of fused-ring (bicyclic) bond motifs is 1. The van der Waals surface area contributed by atoms with Crippen molar-refractivity contribution in [1.29, 1.82) is 0 Å². The molecule has 1 unspecified atom stereocenters. The second-order valence-corrected chi connectivity index (χ2v) is 4.70. The van der Waals surface area contributed by atoms with Crippen LogP contribution in [0.1, 0.15) is 16.8 Å². The highest BCUT2D eigenvalue weighted by Crippen LogP contribution is 2.29. The average Bonchev–Trinajstić information content (AvgIpc) is 2.76. The van der Waals surface area contributed by atoms with Gasteiger partial charge in [0.05, 0.1) is 30.1 Å². The molecule has 1 N–H and O–H groups in total. The van der Waals surface area contributed by atoms with Gasteiger partial charge < -0.3 is 19.1 Å². The minimum absolute atomic E-state index is 0.0374. The molecule has 1 fully saturated rings. The Labute approximate surface area is 117 Å². The van der Waals surface area contributed by atoms with Crippen LogP contribution in [0.4, 0.5) is 8.78 Å². The molecule has 0 amide bonds. The first-order valence-electron chi connectivity index (χ1n) is 6.33. The number of alkyl halides is 2. The number of hydrogen-bond donors (Lipinski definition) is 1. The van der Waals surface area contributed by atoms with Gasteiger partial charge in [-0.3, -0.25) is 0 Å². The summed E-state index contributed by atoms with van der Waals surface area (Å²) in [6, 6.07) is 2.44. The standard InChI is InChI=1S/C13H12F2N2O4/c14-13(15)21-10-4-7(12(18)19)3-9-11(10)16-6-17(9)5-8-1-2-20-8/h3-4,6,8,13H,1-2,5H2,(H,18,19). The fourth-order valence-corrected chi connectivity index (χ4v) is 2.23. The van der Waals surface area contributed by atoms with Crippen LogP contribution in [0.25, 0.3) is 11.0 Å². The van der Waals surface area contributed by atoms with Crippen LogP contribution < -0.4 is 4.74 Å². The Bertz CT molecular complexity index is 682. The summed E-state index contributed by atoms with van der Waals surface area (Å²) in [4.78, 5) is 15.1. The minimum atomic E-state index is -3.04. The minimum Gasteiger partial charge on any atom is -0.478 e. The first kappa shape index (κ1) is 13.7. The number of carboxylic acids is 1. The summed E-state index contributed by atoms with van der Waals surface area (Å²) in [7, 11) is 0. The normalized spacial score (nSPS) is 18.0. The van der Waals surface area contributed by atoms with Crippen molar-refractivity contribution in [3.8, 4) is 5.75 Å². The fraction of sp³-hybridized carbons (Fsp3) is 0.385. The fourth-order valence-electron chi connectivity index (χ4n) is 2.23. The zero-order chi connectivity index (χ0) is 15.0. The zero-order valence-corrected chi connectivity index (χ0v) is 10.8. The van der Waals surface area contributed by atoms with Gasteiger partial charge in [-0.15, -0.1) is 0 Å². The summed E-state index contributed by atoms with van der Waals surface area (Å²) >= 11 is 0. The maximum atomic E-state index is 12.4. The zero-order valence-electron chi connectivity index (χ0n) is 10.8. The van der Waals surface area contributed by atoms with E-state index < -0.39 is 12.6 Å². The van der Waals surface area contributed by atoms with E-state index in [1.54, 1.807) is 4.57 Å². The van der Waals surface area contributed by atoms with Crippen molar-refractivity contribution in [1.82, 2.24) is 9.55 Å². The number of carbonyl (C=O) groups is 1. The lowest BCUT2D eigenvalue weighted by molar-refractivity contribution is -0.0587. The van der Waals surface area contributed by atoms with Gasteiger partial charge in [0.25, 0.3) is 0 Å². The van der Waals surface area contributed by atoms with E-state index in [0.29, 0.717) is 18.7 Å². The van der Waals surface area contributed by atoms with Crippen LogP contribution in [0.5, 0.6) is 5.75 Å². The van der Waals surface area contributed by atoms with Gasteiger partial charge in [-0.2, -0.15) is 8.78 Å². The van der Waals surface area contributed by atoms with Gasteiger partial charge in [0.2, 0.25) is 0 Å². The molecule has 2 heterocycles. The Morgan fingerprint density at radius 1 is 1.57 bits per heavy atom. The molecule has 1 aliphatic rings. The van der Waals surface area contributed by atoms with Crippen LogP contribution >= 0.6 is 0 Å². The molecule has 8 heteroatoms. The predicted octanol–water partition coefficient (Wildman–Crippen LogP) is 2.12. The van der Waals surface area contributed by atoms with E-state index in [1.165, 1.54) is 12.4 Å². The summed E-state index contributed by atoms with van der Waals surface area (Å²) in [6.07, 6.45) is 2.41. The van der Waals surface area contributed by atoms with E-state index in [9.17, 15) is 13.6 Å². The van der Waals surface area contributed by atoms with Crippen molar-refractivity contribution in [2.45, 2.75) is 25.7 Å². The van der Waals surface area contributed by atoms with Gasteiger partial charge in [-0.25, -0.2) is 9.78 Å². The van der Waals surface area contributed by atoms with Gasteiger partial charge in [0.15, 0.2) is 5.75 Å². The van der Waals surface area contributed by atoms with Crippen molar-refractivity contribution < 1.29 is 28.2 Å². The lowest BCUT2D eigenvalue weighted by atomic mass is 10.1. The molecule has 0 bridgehead atoms. The van der Waals surface area contributed by atoms with Crippen LogP contribution in [0.3, 0.4) is 0 Å². The molecular formula is C13H12F2N2O4. The van der Waals surface area contributed by atoms with Gasteiger partial charge in [-0.05, 0) is 18.6 Å². The summed E-state index contributed by atoms with van der Waals surface area (Å²) in [5, 5.41) is 9.07. The molecule has 6 nitrogen and oxygen atoms in total. The van der Waals surface area contributed by atoms with E-state index in [1.807, 2.05) is 0 Å². The van der Waals surface area contributed by atoms with Gasteiger partial charge >= 0.3 is 12.6 Å². The summed E-state index contributed by atoms with van der Waals surface area (Å²) in [5.41, 5.74) is 0.509. The second-order valence-electron chi connectivity index (χ2n) is 4.70. The third-order valence-electron chi connectivity index (χ3n) is 3.35. The smallest absolute Gasteiger partial charge is 0.387 e. The van der Waals surface area contributed by atoms with E-state index in [0.717, 1.165) is 12.5 Å². The Balaban J connectivity index is 2.05. The van der Waals surface area contributed by atoms with Crippen LogP contribution in [0.2, 0.25) is 0 Å². The summed E-state index contributed by atoms with van der Waals surface area (Å²) < 4.78 is 36.2. The molecule has 1 aromatic carbocycles. The lowest BCUT2D eigenvalue weighted by Crippen LogP contribution is -2.30. The lowest BCUT2D eigenvalue weighted by Gasteiger charge is -2.26. The molecule has 3 rings (SSSR count). The first-order chi connectivity index (χ1) is 10.0. The van der Waals surface area contributed by atoms with Crippen molar-refractivity contribution in [2.24, 2.45) is 0 Å². The third kappa shape index (κ3) is 2.66. The van der Waals surface area contributed by atoms with E-state index in [2.05, 4.69) is 9.72 Å². The van der Waals surface area contributed by atoms with Gasteiger partial charge in [0.1, 0.15) is 5.52 Å². The predicted molar refractivity (Wildman–Crippen MR) is 67.7 cm³/mol. The van der Waals surface area contributed by atoms with E-state index in [4.69, 9.17) is 9.84 Å². The maximum Gasteiger partial charge on any atom is 0.387 e. The average molecular weight is 298 g/mol. The van der Waals surface area contributed by atoms with Crippen molar-refractivity contribution in [3.63, 3.8) is 0 Å². The van der Waals surface area contributed by atoms with Gasteiger partial charge in [-0.1, -0.05) is 0 Å². The van der Waals surface area contributed by atoms with Crippen molar-refractivity contribution in [2.75, 3.05) is 6.61 Å². The molecule has 1 atom stereocenters. The Morgan fingerprint density at radius 3 is 2.90 bits per heavy atom. The molecule has 1 aromatic heterocycles. The highest BCUT2D eigenvalue weighted by molar-refractivity contribution is 5.95. The summed E-state index contributed by atoms with van der Waals surface area (Å²) in [5.74, 6) is -1.46. The Kier molecular flexibility index (Phi) is 3.46. The van der Waals surface area contributed by atoms with Gasteiger partial charge in [0, 0.05) is 6.61 Å². The number of aromatic carboxylic acids is 1. The molecule has 21 heavy (non-hydrogen) atoms. The van der Waals surface area contributed by atoms with E-state index in [-0.39, 0.29) is 22.9 Å². The number of halogens is 2. The van der Waals surface area contributed by atoms with Crippen molar-refractivity contribution >= 4 is 17.0 Å².